The van der Waals surface area contributed by atoms with Crippen LogP contribution in [-0.4, -0.2) is 48.6 Å². The van der Waals surface area contributed by atoms with Gasteiger partial charge in [-0.25, -0.2) is 4.98 Å². The number of para-hydroxylation sites is 1. The molecular formula is C25H24N4O2. The van der Waals surface area contributed by atoms with Crippen molar-refractivity contribution >= 4 is 11.7 Å². The summed E-state index contributed by atoms with van der Waals surface area (Å²) in [5.41, 5.74) is 2.82. The lowest BCUT2D eigenvalue weighted by Gasteiger charge is -2.35. The summed E-state index contributed by atoms with van der Waals surface area (Å²) in [6, 6.07) is 23.8. The fraction of sp³-hybridized carbons (Fsp3) is 0.240. The molecule has 1 fully saturated rings. The molecule has 0 saturated carbocycles. The summed E-state index contributed by atoms with van der Waals surface area (Å²) >= 11 is 0. The fourth-order valence-corrected chi connectivity index (χ4v) is 3.74. The second kappa shape index (κ2) is 9.77. The van der Waals surface area contributed by atoms with Crippen LogP contribution < -0.4 is 9.64 Å². The van der Waals surface area contributed by atoms with Crippen LogP contribution in [0.1, 0.15) is 16.7 Å². The number of amides is 1. The molecular weight excluding hydrogens is 388 g/mol. The lowest BCUT2D eigenvalue weighted by molar-refractivity contribution is -0.133. The number of ether oxygens (including phenoxy) is 1. The lowest BCUT2D eigenvalue weighted by Crippen LogP contribution is -2.50. The quantitative estimate of drug-likeness (QED) is 0.622. The van der Waals surface area contributed by atoms with Crippen LogP contribution in [0.4, 0.5) is 5.82 Å². The van der Waals surface area contributed by atoms with Gasteiger partial charge in [0.2, 0.25) is 0 Å². The van der Waals surface area contributed by atoms with Crippen molar-refractivity contribution in [3.63, 3.8) is 0 Å². The highest BCUT2D eigenvalue weighted by Crippen LogP contribution is 2.22. The van der Waals surface area contributed by atoms with Crippen LogP contribution in [-0.2, 0) is 11.2 Å². The lowest BCUT2D eigenvalue weighted by atomic mass is 10.0. The normalized spacial score (nSPS) is 13.5. The number of pyridine rings is 1. The van der Waals surface area contributed by atoms with E-state index in [1.54, 1.807) is 18.3 Å². The molecule has 0 aliphatic carbocycles. The summed E-state index contributed by atoms with van der Waals surface area (Å²) < 4.78 is 5.91. The van der Waals surface area contributed by atoms with Gasteiger partial charge in [0.1, 0.15) is 17.6 Å². The van der Waals surface area contributed by atoms with Gasteiger partial charge in [-0.15, -0.1) is 0 Å². The van der Waals surface area contributed by atoms with Crippen molar-refractivity contribution in [1.29, 1.82) is 5.26 Å². The van der Waals surface area contributed by atoms with Crippen LogP contribution in [0.5, 0.6) is 5.75 Å². The van der Waals surface area contributed by atoms with Gasteiger partial charge < -0.3 is 14.5 Å². The van der Waals surface area contributed by atoms with E-state index >= 15 is 0 Å². The molecule has 2 aromatic carbocycles. The van der Waals surface area contributed by atoms with Gasteiger partial charge >= 0.3 is 0 Å². The van der Waals surface area contributed by atoms with Gasteiger partial charge in [0.05, 0.1) is 5.56 Å². The first-order chi connectivity index (χ1) is 15.2. The minimum Gasteiger partial charge on any atom is -0.483 e. The van der Waals surface area contributed by atoms with Crippen molar-refractivity contribution in [2.24, 2.45) is 0 Å². The number of rotatable bonds is 6. The number of hydrogen-bond acceptors (Lipinski definition) is 5. The molecule has 156 valence electrons. The molecule has 3 aromatic rings. The molecule has 2 heterocycles. The molecule has 1 amide bonds. The van der Waals surface area contributed by atoms with Crippen LogP contribution in [0, 0.1) is 11.3 Å². The van der Waals surface area contributed by atoms with E-state index in [0.29, 0.717) is 37.6 Å². The number of hydrogen-bond donors (Lipinski definition) is 0. The van der Waals surface area contributed by atoms with Gasteiger partial charge in [-0.3, -0.25) is 4.79 Å². The van der Waals surface area contributed by atoms with Gasteiger partial charge in [0, 0.05) is 38.8 Å². The highest BCUT2D eigenvalue weighted by Gasteiger charge is 2.23. The summed E-state index contributed by atoms with van der Waals surface area (Å²) in [5, 5.41) is 9.29. The van der Waals surface area contributed by atoms with Crippen molar-refractivity contribution in [1.82, 2.24) is 9.88 Å². The van der Waals surface area contributed by atoms with E-state index in [0.717, 1.165) is 17.7 Å². The zero-order valence-electron chi connectivity index (χ0n) is 17.3. The van der Waals surface area contributed by atoms with Crippen molar-refractivity contribution < 1.29 is 9.53 Å². The minimum absolute atomic E-state index is 0.0127. The summed E-state index contributed by atoms with van der Waals surface area (Å²) in [6.45, 7) is 2.45. The number of nitriles is 1. The molecule has 31 heavy (non-hydrogen) atoms. The van der Waals surface area contributed by atoms with Crippen molar-refractivity contribution in [3.8, 4) is 11.8 Å². The first-order valence-electron chi connectivity index (χ1n) is 10.4. The Morgan fingerprint density at radius 2 is 1.71 bits per heavy atom. The van der Waals surface area contributed by atoms with Crippen molar-refractivity contribution in [3.05, 3.63) is 89.6 Å². The predicted molar refractivity (Wildman–Crippen MR) is 119 cm³/mol. The average Bonchev–Trinajstić information content (AvgIpc) is 2.84. The molecule has 0 radical (unpaired) electrons. The Hall–Kier alpha value is -3.85. The van der Waals surface area contributed by atoms with Crippen LogP contribution >= 0.6 is 0 Å². The van der Waals surface area contributed by atoms with Crippen LogP contribution in [0.3, 0.4) is 0 Å². The maximum Gasteiger partial charge on any atom is 0.260 e. The minimum atomic E-state index is -0.0318. The zero-order valence-corrected chi connectivity index (χ0v) is 17.3. The molecule has 0 unspecified atom stereocenters. The van der Waals surface area contributed by atoms with E-state index in [9.17, 15) is 10.1 Å². The number of carbonyl (C=O) groups excluding carboxylic acids is 1. The summed E-state index contributed by atoms with van der Waals surface area (Å²) in [5.74, 6) is 1.39. The Bertz CT molecular complexity index is 1070. The first-order valence-corrected chi connectivity index (χ1v) is 10.4. The number of piperazine rings is 1. The molecule has 4 rings (SSSR count). The predicted octanol–water partition coefficient (Wildman–Crippen LogP) is 3.27. The largest absolute Gasteiger partial charge is 0.483 e. The molecule has 0 atom stereocenters. The number of benzene rings is 2. The third kappa shape index (κ3) is 5.01. The Kier molecular flexibility index (Phi) is 6.44. The van der Waals surface area contributed by atoms with Gasteiger partial charge in [-0.2, -0.15) is 5.26 Å². The Morgan fingerprint density at radius 3 is 2.48 bits per heavy atom. The maximum atomic E-state index is 12.7. The van der Waals surface area contributed by atoms with Gasteiger partial charge in [-0.1, -0.05) is 48.5 Å². The third-order valence-electron chi connectivity index (χ3n) is 5.40. The second-order valence-corrected chi connectivity index (χ2v) is 7.41. The summed E-state index contributed by atoms with van der Waals surface area (Å²) in [7, 11) is 0. The van der Waals surface area contributed by atoms with Gasteiger partial charge in [0.25, 0.3) is 5.91 Å². The molecule has 0 bridgehead atoms. The van der Waals surface area contributed by atoms with E-state index in [1.165, 1.54) is 5.56 Å². The molecule has 0 spiro atoms. The Balaban J connectivity index is 1.33. The standard InChI is InChI=1S/C25H24N4O2/c26-18-22-10-6-12-27-25(22)29-15-13-28(14-16-29)24(30)19-31-23-11-5-4-9-21(23)17-20-7-2-1-3-8-20/h1-12H,13-17,19H2. The Morgan fingerprint density at radius 1 is 0.968 bits per heavy atom. The maximum absolute atomic E-state index is 12.7. The molecule has 1 aliphatic heterocycles. The number of nitrogens with zero attached hydrogens (tertiary/aromatic N) is 4. The summed E-state index contributed by atoms with van der Waals surface area (Å²) in [4.78, 5) is 20.9. The molecule has 0 N–H and O–H groups in total. The highest BCUT2D eigenvalue weighted by molar-refractivity contribution is 5.78. The molecule has 6 nitrogen and oxygen atoms in total. The SMILES string of the molecule is N#Cc1cccnc1N1CCN(C(=O)COc2ccccc2Cc2ccccc2)CC1. The topological polar surface area (TPSA) is 69.5 Å². The molecule has 1 aliphatic rings. The Labute approximate surface area is 182 Å². The molecule has 1 saturated heterocycles. The summed E-state index contributed by atoms with van der Waals surface area (Å²) in [6.07, 6.45) is 2.45. The van der Waals surface area contributed by atoms with Crippen molar-refractivity contribution in [2.45, 2.75) is 6.42 Å². The third-order valence-corrected chi connectivity index (χ3v) is 5.40. The highest BCUT2D eigenvalue weighted by atomic mass is 16.5. The first kappa shape index (κ1) is 20.4. The smallest absolute Gasteiger partial charge is 0.260 e. The van der Waals surface area contributed by atoms with E-state index in [1.807, 2.05) is 47.4 Å². The van der Waals surface area contributed by atoms with E-state index in [4.69, 9.17) is 4.74 Å². The number of aromatic nitrogens is 1. The van der Waals surface area contributed by atoms with Gasteiger partial charge in [0.15, 0.2) is 6.61 Å². The van der Waals surface area contributed by atoms with Gasteiger partial charge in [-0.05, 0) is 29.3 Å². The average molecular weight is 412 g/mol. The van der Waals surface area contributed by atoms with E-state index < -0.39 is 0 Å². The van der Waals surface area contributed by atoms with E-state index in [2.05, 4.69) is 28.1 Å². The second-order valence-electron chi connectivity index (χ2n) is 7.41. The van der Waals surface area contributed by atoms with Crippen LogP contribution in [0.25, 0.3) is 0 Å². The zero-order chi connectivity index (χ0) is 21.5. The molecule has 1 aromatic heterocycles. The number of anilines is 1. The fourth-order valence-electron chi connectivity index (χ4n) is 3.74. The van der Waals surface area contributed by atoms with Crippen molar-refractivity contribution in [2.75, 3.05) is 37.7 Å². The molecule has 6 heteroatoms. The number of carbonyl (C=O) groups is 1. The monoisotopic (exact) mass is 412 g/mol. The van der Waals surface area contributed by atoms with E-state index in [-0.39, 0.29) is 12.5 Å². The van der Waals surface area contributed by atoms with Crippen LogP contribution in [0.15, 0.2) is 72.9 Å². The van der Waals surface area contributed by atoms with Crippen LogP contribution in [0.2, 0.25) is 0 Å².